The van der Waals surface area contributed by atoms with Crippen molar-refractivity contribution >= 4 is 52.1 Å². The number of anilines is 2. The summed E-state index contributed by atoms with van der Waals surface area (Å²) in [6.45, 7) is 1.86. The Hall–Kier alpha value is -2.99. The van der Waals surface area contributed by atoms with E-state index in [0.29, 0.717) is 37.7 Å². The van der Waals surface area contributed by atoms with Gasteiger partial charge < -0.3 is 10.2 Å². The van der Waals surface area contributed by atoms with E-state index in [2.05, 4.69) is 10.4 Å². The Bertz CT molecular complexity index is 1310. The van der Waals surface area contributed by atoms with Crippen LogP contribution < -0.4 is 10.2 Å². The van der Waals surface area contributed by atoms with Crippen molar-refractivity contribution in [3.05, 3.63) is 93.1 Å². The third-order valence-electron chi connectivity index (χ3n) is 5.23. The average Bonchev–Trinajstić information content (AvgIpc) is 3.11. The van der Waals surface area contributed by atoms with Crippen LogP contribution in [0.15, 0.2) is 66.7 Å². The lowest BCUT2D eigenvalue weighted by Crippen LogP contribution is -2.14. The van der Waals surface area contributed by atoms with Gasteiger partial charge in [0.2, 0.25) is 0 Å². The molecule has 0 aliphatic carbocycles. The first-order valence-electron chi connectivity index (χ1n) is 10.1. The van der Waals surface area contributed by atoms with Crippen LogP contribution in [0, 0.1) is 6.92 Å². The maximum absolute atomic E-state index is 13.2. The Balaban J connectivity index is 1.79. The van der Waals surface area contributed by atoms with E-state index in [0.717, 1.165) is 16.9 Å². The lowest BCUT2D eigenvalue weighted by molar-refractivity contribution is 0.102. The number of nitrogens with zero attached hydrogens (tertiary/aromatic N) is 3. The predicted molar refractivity (Wildman–Crippen MR) is 137 cm³/mol. The van der Waals surface area contributed by atoms with Crippen molar-refractivity contribution < 1.29 is 4.79 Å². The van der Waals surface area contributed by atoms with E-state index in [1.165, 1.54) is 0 Å². The van der Waals surface area contributed by atoms with E-state index in [1.54, 1.807) is 35.0 Å². The highest BCUT2D eigenvalue weighted by molar-refractivity contribution is 6.35. The van der Waals surface area contributed by atoms with Gasteiger partial charge in [-0.3, -0.25) is 4.79 Å². The van der Waals surface area contributed by atoms with Crippen LogP contribution in [0.2, 0.25) is 15.1 Å². The first-order valence-corrected chi connectivity index (χ1v) is 11.3. The molecule has 33 heavy (non-hydrogen) atoms. The smallest absolute Gasteiger partial charge is 0.276 e. The molecule has 0 fully saturated rings. The van der Waals surface area contributed by atoms with Crippen molar-refractivity contribution in [1.29, 1.82) is 0 Å². The maximum atomic E-state index is 13.2. The SMILES string of the molecule is Cc1c(C(=O)Nc2ccc(N(C)C)cc2)nn(-c2ccc(Cl)cc2Cl)c1-c1ccc(Cl)cc1. The lowest BCUT2D eigenvalue weighted by Gasteiger charge is -2.12. The van der Waals surface area contributed by atoms with Crippen molar-refractivity contribution in [2.75, 3.05) is 24.3 Å². The van der Waals surface area contributed by atoms with E-state index in [4.69, 9.17) is 34.8 Å². The Morgan fingerprint density at radius 3 is 2.15 bits per heavy atom. The van der Waals surface area contributed by atoms with Gasteiger partial charge in [0.25, 0.3) is 5.91 Å². The summed E-state index contributed by atoms with van der Waals surface area (Å²) in [5.74, 6) is -0.316. The topological polar surface area (TPSA) is 50.2 Å². The minimum absolute atomic E-state index is 0.294. The third kappa shape index (κ3) is 4.86. The molecule has 168 valence electrons. The molecule has 5 nitrogen and oxygen atoms in total. The van der Waals surface area contributed by atoms with Gasteiger partial charge in [0, 0.05) is 46.6 Å². The van der Waals surface area contributed by atoms with Crippen LogP contribution in [0.4, 0.5) is 11.4 Å². The van der Waals surface area contributed by atoms with E-state index in [1.807, 2.05) is 62.3 Å². The van der Waals surface area contributed by atoms with Crippen molar-refractivity contribution in [1.82, 2.24) is 9.78 Å². The fourth-order valence-corrected chi connectivity index (χ4v) is 4.13. The van der Waals surface area contributed by atoms with Crippen LogP contribution >= 0.6 is 34.8 Å². The lowest BCUT2D eigenvalue weighted by atomic mass is 10.1. The van der Waals surface area contributed by atoms with Crippen LogP contribution in [-0.2, 0) is 0 Å². The molecule has 0 bridgehead atoms. The second kappa shape index (κ2) is 9.48. The number of hydrogen-bond acceptors (Lipinski definition) is 3. The molecule has 1 aromatic heterocycles. The minimum Gasteiger partial charge on any atom is -0.378 e. The molecule has 0 saturated heterocycles. The van der Waals surface area contributed by atoms with Gasteiger partial charge in [-0.25, -0.2) is 4.68 Å². The van der Waals surface area contributed by atoms with Gasteiger partial charge in [-0.1, -0.05) is 46.9 Å². The number of benzene rings is 3. The Labute approximate surface area is 207 Å². The maximum Gasteiger partial charge on any atom is 0.276 e. The summed E-state index contributed by atoms with van der Waals surface area (Å²) >= 11 is 18.7. The zero-order valence-corrected chi connectivity index (χ0v) is 20.5. The first kappa shape index (κ1) is 23.2. The molecular weight excluding hydrogens is 479 g/mol. The van der Waals surface area contributed by atoms with Gasteiger partial charge in [0.1, 0.15) is 0 Å². The molecule has 4 aromatic rings. The van der Waals surface area contributed by atoms with Gasteiger partial charge in [-0.2, -0.15) is 5.10 Å². The molecule has 4 rings (SSSR count). The molecule has 8 heteroatoms. The molecule has 1 amide bonds. The summed E-state index contributed by atoms with van der Waals surface area (Å²) < 4.78 is 1.67. The predicted octanol–water partition coefficient (Wildman–Crippen LogP) is 7.13. The van der Waals surface area contributed by atoms with E-state index in [9.17, 15) is 4.79 Å². The van der Waals surface area contributed by atoms with Crippen LogP contribution in [0.25, 0.3) is 16.9 Å². The normalized spacial score (nSPS) is 10.8. The third-order valence-corrected chi connectivity index (χ3v) is 6.02. The fourth-order valence-electron chi connectivity index (χ4n) is 3.52. The number of rotatable bonds is 5. The second-order valence-electron chi connectivity index (χ2n) is 7.73. The second-order valence-corrected chi connectivity index (χ2v) is 9.01. The standard InChI is InChI=1S/C25H21Cl3N4O/c1-15-23(25(33)29-19-9-11-20(12-10-19)31(2)3)30-32(22-13-8-18(27)14-21(22)28)24(15)16-4-6-17(26)7-5-16/h4-14H,1-3H3,(H,29,33). The summed E-state index contributed by atoms with van der Waals surface area (Å²) in [5, 5.41) is 9.13. The Morgan fingerprint density at radius 2 is 1.55 bits per heavy atom. The van der Waals surface area contributed by atoms with Gasteiger partial charge in [0.15, 0.2) is 5.69 Å². The Kier molecular flexibility index (Phi) is 6.66. The van der Waals surface area contributed by atoms with Gasteiger partial charge in [0.05, 0.1) is 16.4 Å². The van der Waals surface area contributed by atoms with Crippen LogP contribution in [0.5, 0.6) is 0 Å². The molecule has 1 heterocycles. The fraction of sp³-hybridized carbons (Fsp3) is 0.120. The van der Waals surface area contributed by atoms with Crippen molar-refractivity contribution in [3.63, 3.8) is 0 Å². The number of carbonyl (C=O) groups is 1. The van der Waals surface area contributed by atoms with E-state index >= 15 is 0 Å². The highest BCUT2D eigenvalue weighted by Gasteiger charge is 2.23. The van der Waals surface area contributed by atoms with Gasteiger partial charge >= 0.3 is 0 Å². The van der Waals surface area contributed by atoms with Crippen molar-refractivity contribution in [3.8, 4) is 16.9 Å². The zero-order valence-electron chi connectivity index (χ0n) is 18.2. The summed E-state index contributed by atoms with van der Waals surface area (Å²) in [6, 6.07) is 20.1. The number of amides is 1. The van der Waals surface area contributed by atoms with Crippen LogP contribution in [0.3, 0.4) is 0 Å². The summed E-state index contributed by atoms with van der Waals surface area (Å²) in [6.07, 6.45) is 0. The molecule has 0 aliphatic rings. The van der Waals surface area contributed by atoms with Crippen molar-refractivity contribution in [2.45, 2.75) is 6.92 Å². The molecule has 0 unspecified atom stereocenters. The summed E-state index contributed by atoms with van der Waals surface area (Å²) in [7, 11) is 3.92. The quantitative estimate of drug-likeness (QED) is 0.318. The van der Waals surface area contributed by atoms with E-state index < -0.39 is 0 Å². The molecule has 0 aliphatic heterocycles. The molecule has 0 saturated carbocycles. The number of aromatic nitrogens is 2. The molecule has 1 N–H and O–H groups in total. The summed E-state index contributed by atoms with van der Waals surface area (Å²) in [4.78, 5) is 15.2. The van der Waals surface area contributed by atoms with Gasteiger partial charge in [-0.15, -0.1) is 0 Å². The molecular formula is C25H21Cl3N4O. The van der Waals surface area contributed by atoms with Crippen LogP contribution in [-0.4, -0.2) is 29.8 Å². The highest BCUT2D eigenvalue weighted by Crippen LogP contribution is 2.33. The number of hydrogen-bond donors (Lipinski definition) is 1. The average molecular weight is 500 g/mol. The van der Waals surface area contributed by atoms with Crippen molar-refractivity contribution in [2.24, 2.45) is 0 Å². The molecule has 0 radical (unpaired) electrons. The van der Waals surface area contributed by atoms with Gasteiger partial charge in [-0.05, 0) is 61.5 Å². The molecule has 0 spiro atoms. The van der Waals surface area contributed by atoms with Crippen LogP contribution in [0.1, 0.15) is 16.1 Å². The monoisotopic (exact) mass is 498 g/mol. The first-order chi connectivity index (χ1) is 15.7. The zero-order chi connectivity index (χ0) is 23.7. The number of nitrogens with one attached hydrogen (secondary N) is 1. The minimum atomic E-state index is -0.316. The largest absolute Gasteiger partial charge is 0.378 e. The number of halogens is 3. The number of carbonyl (C=O) groups excluding carboxylic acids is 1. The van der Waals surface area contributed by atoms with E-state index in [-0.39, 0.29) is 5.91 Å². The molecule has 3 aromatic carbocycles. The Morgan fingerprint density at radius 1 is 0.909 bits per heavy atom. The highest BCUT2D eigenvalue weighted by atomic mass is 35.5. The molecule has 0 atom stereocenters. The summed E-state index contributed by atoms with van der Waals surface area (Å²) in [5.41, 5.74) is 4.93.